The van der Waals surface area contributed by atoms with Crippen molar-refractivity contribution in [3.63, 3.8) is 0 Å². The Morgan fingerprint density at radius 2 is 1.65 bits per heavy atom. The van der Waals surface area contributed by atoms with Gasteiger partial charge in [-0.15, -0.1) is 0 Å². The number of amides is 1. The van der Waals surface area contributed by atoms with Crippen LogP contribution >= 0.6 is 0 Å². The van der Waals surface area contributed by atoms with Gasteiger partial charge in [0.15, 0.2) is 5.82 Å². The van der Waals surface area contributed by atoms with Crippen molar-refractivity contribution in [3.8, 4) is 11.5 Å². The molecule has 0 aliphatic carbocycles. The van der Waals surface area contributed by atoms with Gasteiger partial charge in [0.05, 0.1) is 5.92 Å². The number of aromatic nitrogens is 5. The van der Waals surface area contributed by atoms with Crippen LogP contribution in [0.4, 0.5) is 29.0 Å². The van der Waals surface area contributed by atoms with Crippen LogP contribution in [-0.2, 0) is 4.79 Å². The van der Waals surface area contributed by atoms with Gasteiger partial charge >= 0.3 is 0 Å². The molecule has 1 aliphatic rings. The molecule has 10 heteroatoms. The highest BCUT2D eigenvalue weighted by Gasteiger charge is 2.24. The average molecular weight is 454 g/mol. The van der Waals surface area contributed by atoms with Crippen LogP contribution in [-0.4, -0.2) is 43.9 Å². The van der Waals surface area contributed by atoms with Crippen molar-refractivity contribution in [2.45, 2.75) is 6.92 Å². The van der Waals surface area contributed by atoms with E-state index >= 15 is 0 Å². The Bertz CT molecular complexity index is 1320. The summed E-state index contributed by atoms with van der Waals surface area (Å²) < 4.78 is 0. The number of nitrogens with zero attached hydrogens (tertiary/aromatic N) is 5. The summed E-state index contributed by atoms with van der Waals surface area (Å²) in [4.78, 5) is 34.4. The number of hydrogen-bond donors (Lipinski definition) is 4. The number of pyridine rings is 1. The van der Waals surface area contributed by atoms with Crippen LogP contribution in [0, 0.1) is 12.8 Å². The fourth-order valence-electron chi connectivity index (χ4n) is 3.36. The highest BCUT2D eigenvalue weighted by Crippen LogP contribution is 2.21. The quantitative estimate of drug-likeness (QED) is 0.333. The molecule has 3 aromatic heterocycles. The molecule has 10 nitrogen and oxygen atoms in total. The summed E-state index contributed by atoms with van der Waals surface area (Å²) in [6, 6.07) is 16.7. The molecule has 1 saturated heterocycles. The Balaban J connectivity index is 1.28. The smallest absolute Gasteiger partial charge is 0.230 e. The van der Waals surface area contributed by atoms with E-state index in [2.05, 4.69) is 46.2 Å². The van der Waals surface area contributed by atoms with E-state index in [0.717, 1.165) is 17.1 Å². The van der Waals surface area contributed by atoms with E-state index in [1.807, 2.05) is 49.4 Å². The van der Waals surface area contributed by atoms with E-state index in [1.165, 1.54) is 0 Å². The third-order valence-corrected chi connectivity index (χ3v) is 5.22. The van der Waals surface area contributed by atoms with Gasteiger partial charge < -0.3 is 21.3 Å². The van der Waals surface area contributed by atoms with E-state index in [0.29, 0.717) is 42.2 Å². The van der Waals surface area contributed by atoms with Crippen molar-refractivity contribution < 1.29 is 4.79 Å². The highest BCUT2D eigenvalue weighted by molar-refractivity contribution is 5.94. The minimum absolute atomic E-state index is 0.0171. The van der Waals surface area contributed by atoms with Crippen molar-refractivity contribution in [2.24, 2.45) is 5.92 Å². The molecule has 0 saturated carbocycles. The second-order valence-electron chi connectivity index (χ2n) is 7.87. The van der Waals surface area contributed by atoms with Gasteiger partial charge in [0.2, 0.25) is 11.9 Å². The van der Waals surface area contributed by atoms with E-state index in [4.69, 9.17) is 0 Å². The van der Waals surface area contributed by atoms with Crippen molar-refractivity contribution in [2.75, 3.05) is 29.0 Å². The molecule has 0 unspecified atom stereocenters. The number of aryl methyl sites for hydroxylation is 1. The van der Waals surface area contributed by atoms with Gasteiger partial charge in [0.1, 0.15) is 17.3 Å². The molecule has 170 valence electrons. The highest BCUT2D eigenvalue weighted by atomic mass is 16.2. The zero-order valence-corrected chi connectivity index (χ0v) is 18.5. The fourth-order valence-corrected chi connectivity index (χ4v) is 3.36. The van der Waals surface area contributed by atoms with Crippen LogP contribution in [0.25, 0.3) is 11.5 Å². The van der Waals surface area contributed by atoms with E-state index < -0.39 is 0 Å². The molecule has 0 bridgehead atoms. The molecule has 4 N–H and O–H groups in total. The molecule has 4 heterocycles. The third-order valence-electron chi connectivity index (χ3n) is 5.22. The first-order chi connectivity index (χ1) is 16.6. The summed E-state index contributed by atoms with van der Waals surface area (Å²) in [5.41, 5.74) is 3.08. The zero-order chi connectivity index (χ0) is 23.3. The second kappa shape index (κ2) is 9.59. The topological polar surface area (TPSA) is 130 Å². The predicted molar refractivity (Wildman–Crippen MR) is 130 cm³/mol. The van der Waals surface area contributed by atoms with Gasteiger partial charge in [0, 0.05) is 42.6 Å². The maximum atomic E-state index is 12.2. The summed E-state index contributed by atoms with van der Waals surface area (Å²) in [6.45, 7) is 3.36. The van der Waals surface area contributed by atoms with Gasteiger partial charge in [-0.1, -0.05) is 12.1 Å². The molecule has 4 aromatic rings. The fraction of sp³-hybridized carbons (Fsp3) is 0.167. The van der Waals surface area contributed by atoms with Crippen molar-refractivity contribution in [1.29, 1.82) is 0 Å². The first-order valence-corrected chi connectivity index (χ1v) is 10.9. The maximum Gasteiger partial charge on any atom is 0.230 e. The SMILES string of the molecule is Cc1cccc(-c2nccc(Nc3ccnc(Nc4cccc(NC(=O)C5CNC5)c4)n3)n2)n1. The standard InChI is InChI=1S/C24H23N9O/c1-15-4-2-7-19(28-15)22-26-10-8-20(32-22)31-21-9-11-27-24(33-21)30-18-6-3-5-17(12-18)29-23(34)16-13-25-14-16/h2-12,16,25H,13-14H2,1H3,(H,29,34)(H2,26,27,30,31,32,33). The molecule has 1 amide bonds. The van der Waals surface area contributed by atoms with E-state index in [-0.39, 0.29) is 11.8 Å². The van der Waals surface area contributed by atoms with Crippen LogP contribution in [0.5, 0.6) is 0 Å². The summed E-state index contributed by atoms with van der Waals surface area (Å²) in [5.74, 6) is 2.13. The Hall–Kier alpha value is -4.44. The number of rotatable bonds is 7. The lowest BCUT2D eigenvalue weighted by atomic mass is 10.0. The largest absolute Gasteiger partial charge is 0.326 e. The Morgan fingerprint density at radius 3 is 2.44 bits per heavy atom. The van der Waals surface area contributed by atoms with Crippen LogP contribution in [0.1, 0.15) is 5.69 Å². The number of nitrogens with one attached hydrogen (secondary N) is 4. The minimum Gasteiger partial charge on any atom is -0.326 e. The van der Waals surface area contributed by atoms with Gasteiger partial charge in [-0.05, 0) is 49.4 Å². The minimum atomic E-state index is 0.0171. The summed E-state index contributed by atoms with van der Waals surface area (Å²) in [6.07, 6.45) is 3.32. The molecule has 1 aromatic carbocycles. The molecule has 1 aliphatic heterocycles. The van der Waals surface area contributed by atoms with E-state index in [1.54, 1.807) is 24.5 Å². The number of benzene rings is 1. The number of carbonyl (C=O) groups excluding carboxylic acids is 1. The number of carbonyl (C=O) groups is 1. The van der Waals surface area contributed by atoms with Crippen LogP contribution in [0.2, 0.25) is 0 Å². The lowest BCUT2D eigenvalue weighted by Crippen LogP contribution is -2.48. The van der Waals surface area contributed by atoms with Crippen LogP contribution < -0.4 is 21.3 Å². The first-order valence-electron chi connectivity index (χ1n) is 10.9. The lowest BCUT2D eigenvalue weighted by Gasteiger charge is -2.25. The Labute approximate surface area is 196 Å². The molecular formula is C24H23N9O. The summed E-state index contributed by atoms with van der Waals surface area (Å²) >= 11 is 0. The van der Waals surface area contributed by atoms with E-state index in [9.17, 15) is 4.79 Å². The predicted octanol–water partition coefficient (Wildman–Crippen LogP) is 3.28. The van der Waals surface area contributed by atoms with Crippen LogP contribution in [0.3, 0.4) is 0 Å². The van der Waals surface area contributed by atoms with Crippen molar-refractivity contribution >= 4 is 34.9 Å². The van der Waals surface area contributed by atoms with Crippen LogP contribution in [0.15, 0.2) is 67.0 Å². The maximum absolute atomic E-state index is 12.2. The number of anilines is 5. The molecule has 0 radical (unpaired) electrons. The Morgan fingerprint density at radius 1 is 0.882 bits per heavy atom. The summed E-state index contributed by atoms with van der Waals surface area (Å²) in [7, 11) is 0. The average Bonchev–Trinajstić information content (AvgIpc) is 2.78. The lowest BCUT2D eigenvalue weighted by molar-refractivity contribution is -0.121. The second-order valence-corrected chi connectivity index (χ2v) is 7.87. The van der Waals surface area contributed by atoms with Crippen molar-refractivity contribution in [3.05, 3.63) is 72.7 Å². The van der Waals surface area contributed by atoms with Gasteiger partial charge in [0.25, 0.3) is 0 Å². The Kier molecular flexibility index (Phi) is 6.04. The molecule has 34 heavy (non-hydrogen) atoms. The zero-order valence-electron chi connectivity index (χ0n) is 18.5. The molecule has 5 rings (SSSR count). The third kappa shape index (κ3) is 5.13. The van der Waals surface area contributed by atoms with Crippen molar-refractivity contribution in [1.82, 2.24) is 30.2 Å². The normalized spacial score (nSPS) is 13.1. The van der Waals surface area contributed by atoms with Gasteiger partial charge in [-0.3, -0.25) is 4.79 Å². The number of hydrogen-bond acceptors (Lipinski definition) is 9. The monoisotopic (exact) mass is 453 g/mol. The molecular weight excluding hydrogens is 430 g/mol. The van der Waals surface area contributed by atoms with Gasteiger partial charge in [-0.25, -0.2) is 19.9 Å². The first kappa shape index (κ1) is 21.4. The molecule has 0 spiro atoms. The van der Waals surface area contributed by atoms with Gasteiger partial charge in [-0.2, -0.15) is 4.98 Å². The molecule has 0 atom stereocenters. The molecule has 1 fully saturated rings. The summed E-state index contributed by atoms with van der Waals surface area (Å²) in [5, 5.41) is 12.4.